The highest BCUT2D eigenvalue weighted by molar-refractivity contribution is 5.27. The second-order valence-electron chi connectivity index (χ2n) is 4.63. The van der Waals surface area contributed by atoms with Crippen LogP contribution in [-0.2, 0) is 19.3 Å². The maximum Gasteiger partial charge on any atom is 0.108 e. The van der Waals surface area contributed by atoms with Crippen LogP contribution >= 0.6 is 0 Å². The predicted molar refractivity (Wildman–Crippen MR) is 74.5 cm³/mol. The third-order valence-corrected chi connectivity index (χ3v) is 3.39. The lowest BCUT2D eigenvalue weighted by Gasteiger charge is -2.12. The second-order valence-corrected chi connectivity index (χ2v) is 4.63. The van der Waals surface area contributed by atoms with Gasteiger partial charge in [-0.2, -0.15) is 0 Å². The first-order valence-corrected chi connectivity index (χ1v) is 6.64. The van der Waals surface area contributed by atoms with E-state index in [1.165, 1.54) is 11.1 Å². The van der Waals surface area contributed by atoms with Gasteiger partial charge < -0.3 is 10.2 Å². The van der Waals surface area contributed by atoms with E-state index < -0.39 is 0 Å². The molecule has 0 aliphatic heterocycles. The van der Waals surface area contributed by atoms with Crippen LogP contribution < -0.4 is 5.73 Å². The monoisotopic (exact) mass is 243 g/mol. The quantitative estimate of drug-likeness (QED) is 0.870. The maximum absolute atomic E-state index is 6.26. The van der Waals surface area contributed by atoms with Gasteiger partial charge in [-0.3, -0.25) is 0 Å². The van der Waals surface area contributed by atoms with Crippen LogP contribution in [0.1, 0.15) is 42.3 Å². The third-order valence-electron chi connectivity index (χ3n) is 3.39. The Labute approximate surface area is 109 Å². The fraction of sp³-hybridized carbons (Fsp3) is 0.375. The minimum Gasteiger partial charge on any atom is -0.469 e. The maximum atomic E-state index is 6.26. The standard InChI is InChI=1S/C16H21NO/c1-3-12-5-7-13(8-6-12)11-15(17)14-9-10-18-16(14)4-2/h5-10,15H,3-4,11,17H2,1-2H3. The largest absolute Gasteiger partial charge is 0.469 e. The molecule has 2 heteroatoms. The van der Waals surface area contributed by atoms with Gasteiger partial charge in [-0.05, 0) is 30.0 Å². The van der Waals surface area contributed by atoms with Crippen LogP contribution in [-0.4, -0.2) is 0 Å². The molecular weight excluding hydrogens is 222 g/mol. The lowest BCUT2D eigenvalue weighted by atomic mass is 9.98. The molecule has 18 heavy (non-hydrogen) atoms. The smallest absolute Gasteiger partial charge is 0.108 e. The Morgan fingerprint density at radius 1 is 1.00 bits per heavy atom. The average molecular weight is 243 g/mol. The zero-order valence-electron chi connectivity index (χ0n) is 11.1. The van der Waals surface area contributed by atoms with Gasteiger partial charge in [0.1, 0.15) is 5.76 Å². The van der Waals surface area contributed by atoms with E-state index in [-0.39, 0.29) is 6.04 Å². The zero-order chi connectivity index (χ0) is 13.0. The van der Waals surface area contributed by atoms with Crippen molar-refractivity contribution in [1.82, 2.24) is 0 Å². The molecule has 1 heterocycles. The average Bonchev–Trinajstić information content (AvgIpc) is 2.88. The van der Waals surface area contributed by atoms with Gasteiger partial charge in [-0.25, -0.2) is 0 Å². The lowest BCUT2D eigenvalue weighted by molar-refractivity contribution is 0.505. The molecule has 0 spiro atoms. The molecule has 0 bridgehead atoms. The Balaban J connectivity index is 2.08. The number of benzene rings is 1. The van der Waals surface area contributed by atoms with E-state index in [1.54, 1.807) is 6.26 Å². The normalized spacial score (nSPS) is 12.6. The van der Waals surface area contributed by atoms with E-state index >= 15 is 0 Å². The van der Waals surface area contributed by atoms with Crippen molar-refractivity contribution >= 4 is 0 Å². The molecule has 96 valence electrons. The number of nitrogens with two attached hydrogens (primary N) is 1. The van der Waals surface area contributed by atoms with Gasteiger partial charge in [0.05, 0.1) is 6.26 Å². The van der Waals surface area contributed by atoms with E-state index in [9.17, 15) is 0 Å². The fourth-order valence-corrected chi connectivity index (χ4v) is 2.24. The Morgan fingerprint density at radius 3 is 2.28 bits per heavy atom. The van der Waals surface area contributed by atoms with E-state index in [0.717, 1.165) is 30.6 Å². The molecule has 0 radical (unpaired) electrons. The summed E-state index contributed by atoms with van der Waals surface area (Å²) < 4.78 is 5.43. The van der Waals surface area contributed by atoms with Crippen molar-refractivity contribution in [3.8, 4) is 0 Å². The summed E-state index contributed by atoms with van der Waals surface area (Å²) >= 11 is 0. The Hall–Kier alpha value is -1.54. The SMILES string of the molecule is CCc1ccc(CC(N)c2ccoc2CC)cc1. The summed E-state index contributed by atoms with van der Waals surface area (Å²) in [5.74, 6) is 1.01. The van der Waals surface area contributed by atoms with Gasteiger partial charge in [0, 0.05) is 18.0 Å². The van der Waals surface area contributed by atoms with E-state index in [0.29, 0.717) is 0 Å². The highest BCUT2D eigenvalue weighted by atomic mass is 16.3. The molecule has 2 nitrogen and oxygen atoms in total. The highest BCUT2D eigenvalue weighted by Crippen LogP contribution is 2.21. The van der Waals surface area contributed by atoms with Crippen LogP contribution in [0.4, 0.5) is 0 Å². The lowest BCUT2D eigenvalue weighted by Crippen LogP contribution is -2.14. The second kappa shape index (κ2) is 5.87. The van der Waals surface area contributed by atoms with Crippen molar-refractivity contribution < 1.29 is 4.42 Å². The van der Waals surface area contributed by atoms with Gasteiger partial charge in [-0.1, -0.05) is 38.1 Å². The Bertz CT molecular complexity index is 484. The number of rotatable bonds is 5. The van der Waals surface area contributed by atoms with Crippen LogP contribution in [0, 0.1) is 0 Å². The van der Waals surface area contributed by atoms with Crippen molar-refractivity contribution in [3.63, 3.8) is 0 Å². The molecule has 0 fully saturated rings. The van der Waals surface area contributed by atoms with Crippen LogP contribution in [0.25, 0.3) is 0 Å². The van der Waals surface area contributed by atoms with Crippen molar-refractivity contribution in [3.05, 3.63) is 59.0 Å². The number of furan rings is 1. The molecule has 1 aromatic heterocycles. The third kappa shape index (κ3) is 2.82. The summed E-state index contributed by atoms with van der Waals surface area (Å²) in [4.78, 5) is 0. The summed E-state index contributed by atoms with van der Waals surface area (Å²) in [6, 6.07) is 10.7. The summed E-state index contributed by atoms with van der Waals surface area (Å²) in [7, 11) is 0. The molecular formula is C16H21NO. The summed E-state index contributed by atoms with van der Waals surface area (Å²) in [5, 5.41) is 0. The first-order valence-electron chi connectivity index (χ1n) is 6.64. The molecule has 0 saturated heterocycles. The minimum atomic E-state index is 0.0196. The zero-order valence-corrected chi connectivity index (χ0v) is 11.1. The first-order chi connectivity index (χ1) is 8.74. The topological polar surface area (TPSA) is 39.2 Å². The molecule has 2 N–H and O–H groups in total. The van der Waals surface area contributed by atoms with Crippen molar-refractivity contribution in [1.29, 1.82) is 0 Å². The van der Waals surface area contributed by atoms with Crippen LogP contribution in [0.5, 0.6) is 0 Å². The number of hydrogen-bond acceptors (Lipinski definition) is 2. The van der Waals surface area contributed by atoms with Crippen LogP contribution in [0.3, 0.4) is 0 Å². The Morgan fingerprint density at radius 2 is 1.67 bits per heavy atom. The van der Waals surface area contributed by atoms with Crippen molar-refractivity contribution in [2.24, 2.45) is 5.73 Å². The van der Waals surface area contributed by atoms with E-state index in [2.05, 4.69) is 38.1 Å². The molecule has 1 unspecified atom stereocenters. The van der Waals surface area contributed by atoms with Gasteiger partial charge >= 0.3 is 0 Å². The van der Waals surface area contributed by atoms with Gasteiger partial charge in [0.15, 0.2) is 0 Å². The molecule has 1 aromatic carbocycles. The van der Waals surface area contributed by atoms with Gasteiger partial charge in [0.25, 0.3) is 0 Å². The molecule has 2 rings (SSSR count). The fourth-order valence-electron chi connectivity index (χ4n) is 2.24. The summed E-state index contributed by atoms with van der Waals surface area (Å²) in [5.41, 5.74) is 10.0. The summed E-state index contributed by atoms with van der Waals surface area (Å²) in [6.07, 6.45) is 4.56. The van der Waals surface area contributed by atoms with Crippen LogP contribution in [0.15, 0.2) is 41.0 Å². The van der Waals surface area contributed by atoms with Crippen LogP contribution in [0.2, 0.25) is 0 Å². The predicted octanol–water partition coefficient (Wildman–Crippen LogP) is 3.65. The molecule has 0 saturated carbocycles. The molecule has 0 aliphatic rings. The van der Waals surface area contributed by atoms with Crippen molar-refractivity contribution in [2.45, 2.75) is 39.2 Å². The Kier molecular flexibility index (Phi) is 4.21. The minimum absolute atomic E-state index is 0.0196. The van der Waals surface area contributed by atoms with E-state index in [1.807, 2.05) is 6.07 Å². The first kappa shape index (κ1) is 12.9. The van der Waals surface area contributed by atoms with E-state index in [4.69, 9.17) is 10.2 Å². The summed E-state index contributed by atoms with van der Waals surface area (Å²) in [6.45, 7) is 4.25. The highest BCUT2D eigenvalue weighted by Gasteiger charge is 2.13. The number of hydrogen-bond donors (Lipinski definition) is 1. The molecule has 0 amide bonds. The van der Waals surface area contributed by atoms with Crippen molar-refractivity contribution in [2.75, 3.05) is 0 Å². The van der Waals surface area contributed by atoms with Gasteiger partial charge in [0.2, 0.25) is 0 Å². The molecule has 2 aromatic rings. The van der Waals surface area contributed by atoms with Gasteiger partial charge in [-0.15, -0.1) is 0 Å². The number of aryl methyl sites for hydroxylation is 2. The molecule has 0 aliphatic carbocycles. The molecule has 1 atom stereocenters.